The number of rotatable bonds is 2. The second kappa shape index (κ2) is 6.69. The number of halogens is 1. The zero-order valence-electron chi connectivity index (χ0n) is 12.5. The van der Waals surface area contributed by atoms with Crippen LogP contribution in [0.5, 0.6) is 0 Å². The molecule has 0 aliphatic rings. The van der Waals surface area contributed by atoms with E-state index in [-0.39, 0.29) is 0 Å². The summed E-state index contributed by atoms with van der Waals surface area (Å²) in [5, 5.41) is 11.6. The number of aromatic nitrogens is 5. The summed E-state index contributed by atoms with van der Waals surface area (Å²) >= 11 is 3.45. The highest BCUT2D eigenvalue weighted by atomic mass is 79.9. The third-order valence-electron chi connectivity index (χ3n) is 3.01. The summed E-state index contributed by atoms with van der Waals surface area (Å²) in [4.78, 5) is 17.8. The number of hydrogen-bond donors (Lipinski definition) is 1. The van der Waals surface area contributed by atoms with Gasteiger partial charge in [0.05, 0.1) is 17.8 Å². The summed E-state index contributed by atoms with van der Waals surface area (Å²) in [6, 6.07) is 4.05. The topological polar surface area (TPSA) is 85.8 Å². The van der Waals surface area contributed by atoms with Crippen molar-refractivity contribution in [3.63, 3.8) is 0 Å². The van der Waals surface area contributed by atoms with E-state index < -0.39 is 5.97 Å². The van der Waals surface area contributed by atoms with E-state index >= 15 is 0 Å². The average molecular weight is 366 g/mol. The van der Waals surface area contributed by atoms with Crippen LogP contribution in [0.25, 0.3) is 11.2 Å². The molecule has 0 aliphatic heterocycles. The highest BCUT2D eigenvalue weighted by Crippen LogP contribution is 2.19. The maximum absolute atomic E-state index is 9.00. The average Bonchev–Trinajstić information content (AvgIpc) is 2.95. The molecule has 0 aliphatic carbocycles. The van der Waals surface area contributed by atoms with Crippen LogP contribution in [0.3, 0.4) is 0 Å². The van der Waals surface area contributed by atoms with E-state index in [0.717, 1.165) is 40.6 Å². The Kier molecular flexibility index (Phi) is 4.92. The van der Waals surface area contributed by atoms with Gasteiger partial charge in [0, 0.05) is 30.8 Å². The lowest BCUT2D eigenvalue weighted by Gasteiger charge is -2.07. The normalized spacial score (nSPS) is 10.4. The van der Waals surface area contributed by atoms with Crippen molar-refractivity contribution in [2.45, 2.75) is 20.4 Å². The predicted molar refractivity (Wildman–Crippen MR) is 85.6 cm³/mol. The molecule has 0 aromatic carbocycles. The van der Waals surface area contributed by atoms with Gasteiger partial charge in [0.2, 0.25) is 0 Å². The Morgan fingerprint density at radius 2 is 2.14 bits per heavy atom. The van der Waals surface area contributed by atoms with Gasteiger partial charge in [-0.1, -0.05) is 0 Å². The number of imidazole rings is 1. The largest absolute Gasteiger partial charge is 0.481 e. The van der Waals surface area contributed by atoms with Crippen LogP contribution in [-0.4, -0.2) is 35.4 Å². The molecule has 0 amide bonds. The first-order valence-electron chi connectivity index (χ1n) is 6.53. The van der Waals surface area contributed by atoms with Crippen LogP contribution in [0, 0.1) is 6.92 Å². The van der Waals surface area contributed by atoms with Crippen LogP contribution < -0.4 is 0 Å². The molecule has 0 unspecified atom stereocenters. The van der Waals surface area contributed by atoms with Crippen molar-refractivity contribution in [3.05, 3.63) is 40.5 Å². The highest BCUT2D eigenvalue weighted by molar-refractivity contribution is 9.10. The number of fused-ring (bicyclic) bond motifs is 1. The van der Waals surface area contributed by atoms with E-state index in [1.165, 1.54) is 0 Å². The second-order valence-electron chi connectivity index (χ2n) is 4.71. The van der Waals surface area contributed by atoms with Crippen molar-refractivity contribution in [2.75, 3.05) is 0 Å². The molecule has 0 atom stereocenters. The molecule has 7 nitrogen and oxygen atoms in total. The summed E-state index contributed by atoms with van der Waals surface area (Å²) in [6.45, 7) is 3.82. The van der Waals surface area contributed by atoms with E-state index in [4.69, 9.17) is 9.90 Å². The Labute approximate surface area is 135 Å². The van der Waals surface area contributed by atoms with Crippen LogP contribution in [0.1, 0.15) is 18.4 Å². The van der Waals surface area contributed by atoms with E-state index in [1.54, 1.807) is 12.4 Å². The number of hydrogen-bond acceptors (Lipinski definition) is 4. The van der Waals surface area contributed by atoms with Gasteiger partial charge in [0.25, 0.3) is 5.97 Å². The molecular formula is C14H16BrN5O2. The van der Waals surface area contributed by atoms with Gasteiger partial charge in [0.15, 0.2) is 5.65 Å². The monoisotopic (exact) mass is 365 g/mol. The number of nitrogens with zero attached hydrogens (tertiary/aromatic N) is 5. The quantitative estimate of drug-likeness (QED) is 0.753. The number of pyridine rings is 1. The predicted octanol–water partition coefficient (Wildman–Crippen LogP) is 2.37. The van der Waals surface area contributed by atoms with Gasteiger partial charge in [0.1, 0.15) is 5.82 Å². The highest BCUT2D eigenvalue weighted by Gasteiger charge is 2.10. The van der Waals surface area contributed by atoms with Gasteiger partial charge >= 0.3 is 0 Å². The molecule has 3 aromatic heterocycles. The third kappa shape index (κ3) is 3.70. The van der Waals surface area contributed by atoms with Crippen LogP contribution in [-0.2, 0) is 18.4 Å². The van der Waals surface area contributed by atoms with Gasteiger partial charge in [-0.25, -0.2) is 9.97 Å². The van der Waals surface area contributed by atoms with Crippen LogP contribution in [0.4, 0.5) is 0 Å². The third-order valence-corrected chi connectivity index (χ3v) is 3.44. The van der Waals surface area contributed by atoms with Gasteiger partial charge in [-0.05, 0) is 35.0 Å². The molecule has 0 saturated carbocycles. The Morgan fingerprint density at radius 3 is 2.73 bits per heavy atom. The number of aryl methyl sites for hydroxylation is 2. The lowest BCUT2D eigenvalue weighted by Crippen LogP contribution is -2.07. The van der Waals surface area contributed by atoms with Crippen molar-refractivity contribution >= 4 is 33.1 Å². The van der Waals surface area contributed by atoms with Crippen molar-refractivity contribution in [3.8, 4) is 0 Å². The molecule has 0 saturated heterocycles. The summed E-state index contributed by atoms with van der Waals surface area (Å²) in [5.74, 6) is 0.122. The van der Waals surface area contributed by atoms with Crippen molar-refractivity contribution in [2.24, 2.45) is 7.05 Å². The minimum absolute atomic E-state index is 0.747. The van der Waals surface area contributed by atoms with Gasteiger partial charge in [-0.2, -0.15) is 5.10 Å². The molecule has 22 heavy (non-hydrogen) atoms. The van der Waals surface area contributed by atoms with E-state index in [9.17, 15) is 0 Å². The minimum Gasteiger partial charge on any atom is -0.481 e. The van der Waals surface area contributed by atoms with Crippen LogP contribution in [0.2, 0.25) is 0 Å². The van der Waals surface area contributed by atoms with E-state index in [1.807, 2.05) is 30.8 Å². The first kappa shape index (κ1) is 16.2. The number of aliphatic carboxylic acids is 1. The minimum atomic E-state index is -0.833. The number of carboxylic acids is 1. The zero-order valence-corrected chi connectivity index (χ0v) is 14.1. The standard InChI is InChI=1S/C12H12BrN5.C2H4O2/c1-8-16-12-11(5-9(13)6-14-12)18(8)7-10-3-4-15-17(10)2;1-2(3)4/h3-6H,7H2,1-2H3;1H3,(H,3,4). The van der Waals surface area contributed by atoms with Crippen LogP contribution >= 0.6 is 15.9 Å². The molecule has 0 fully saturated rings. The fourth-order valence-electron chi connectivity index (χ4n) is 2.01. The van der Waals surface area contributed by atoms with Crippen molar-refractivity contribution in [1.82, 2.24) is 24.3 Å². The van der Waals surface area contributed by atoms with Crippen LogP contribution in [0.15, 0.2) is 29.0 Å². The fraction of sp³-hybridized carbons (Fsp3) is 0.286. The summed E-state index contributed by atoms with van der Waals surface area (Å²) in [6.07, 6.45) is 3.57. The number of carbonyl (C=O) groups is 1. The lowest BCUT2D eigenvalue weighted by molar-refractivity contribution is -0.134. The summed E-state index contributed by atoms with van der Waals surface area (Å²) in [7, 11) is 1.94. The Morgan fingerprint density at radius 1 is 1.45 bits per heavy atom. The first-order valence-corrected chi connectivity index (χ1v) is 7.32. The molecule has 0 bridgehead atoms. The molecular weight excluding hydrogens is 350 g/mol. The molecule has 1 N–H and O–H groups in total. The Bertz CT molecular complexity index is 805. The second-order valence-corrected chi connectivity index (χ2v) is 5.62. The van der Waals surface area contributed by atoms with Gasteiger partial charge < -0.3 is 9.67 Å². The van der Waals surface area contributed by atoms with Gasteiger partial charge in [-0.15, -0.1) is 0 Å². The molecule has 0 spiro atoms. The first-order chi connectivity index (χ1) is 10.4. The van der Waals surface area contributed by atoms with E-state index in [0.29, 0.717) is 0 Å². The van der Waals surface area contributed by atoms with Gasteiger partial charge in [-0.3, -0.25) is 9.48 Å². The fourth-order valence-corrected chi connectivity index (χ4v) is 2.33. The Balaban J connectivity index is 0.000000396. The molecule has 3 rings (SSSR count). The lowest BCUT2D eigenvalue weighted by atomic mass is 10.4. The Hall–Kier alpha value is -2.22. The maximum atomic E-state index is 9.00. The molecule has 8 heteroatoms. The van der Waals surface area contributed by atoms with Crippen molar-refractivity contribution < 1.29 is 9.90 Å². The summed E-state index contributed by atoms with van der Waals surface area (Å²) in [5.41, 5.74) is 2.94. The maximum Gasteiger partial charge on any atom is 0.300 e. The number of carboxylic acid groups (broad SMARTS) is 1. The summed E-state index contributed by atoms with van der Waals surface area (Å²) < 4.78 is 4.97. The SMILES string of the molecule is CC(=O)O.Cc1nc2ncc(Br)cc2n1Cc1ccnn1C. The smallest absolute Gasteiger partial charge is 0.300 e. The van der Waals surface area contributed by atoms with Crippen molar-refractivity contribution in [1.29, 1.82) is 0 Å². The molecule has 3 aromatic rings. The molecule has 3 heterocycles. The molecule has 116 valence electrons. The molecule has 0 radical (unpaired) electrons. The van der Waals surface area contributed by atoms with E-state index in [2.05, 4.69) is 35.6 Å². The zero-order chi connectivity index (χ0) is 16.3.